The molecule has 0 bridgehead atoms. The molecule has 110 valence electrons. The molecule has 0 aliphatic heterocycles. The van der Waals surface area contributed by atoms with Gasteiger partial charge >= 0.3 is 5.97 Å². The Hall–Kier alpha value is -1.32. The standard InChI is InChI=1S/C16H24N2O2/c1-16(2)8-7-14-12(9-16)10-17-18(14)13-5-3-11(4-6-13)15(19)20/h10-11,13H,3-9H2,1-2H3,(H,19,20). The minimum absolute atomic E-state index is 0.142. The molecule has 1 heterocycles. The first-order chi connectivity index (χ1) is 9.46. The highest BCUT2D eigenvalue weighted by Gasteiger charge is 2.32. The number of fused-ring (bicyclic) bond motifs is 1. The van der Waals surface area contributed by atoms with E-state index in [-0.39, 0.29) is 5.92 Å². The summed E-state index contributed by atoms with van der Waals surface area (Å²) in [5.41, 5.74) is 3.20. The molecule has 1 fully saturated rings. The molecule has 0 radical (unpaired) electrons. The molecule has 1 N–H and O–H groups in total. The van der Waals surface area contributed by atoms with Gasteiger partial charge in [0.2, 0.25) is 0 Å². The second-order valence-corrected chi connectivity index (χ2v) is 7.25. The van der Waals surface area contributed by atoms with Crippen molar-refractivity contribution in [3.8, 4) is 0 Å². The molecule has 1 saturated carbocycles. The number of carbonyl (C=O) groups is 1. The van der Waals surface area contributed by atoms with Gasteiger partial charge in [0.05, 0.1) is 18.2 Å². The van der Waals surface area contributed by atoms with Crippen LogP contribution in [0.2, 0.25) is 0 Å². The van der Waals surface area contributed by atoms with Crippen molar-refractivity contribution < 1.29 is 9.90 Å². The van der Waals surface area contributed by atoms with Crippen molar-refractivity contribution in [2.75, 3.05) is 0 Å². The molecular weight excluding hydrogens is 252 g/mol. The van der Waals surface area contributed by atoms with Crippen LogP contribution in [0.1, 0.15) is 63.3 Å². The van der Waals surface area contributed by atoms with E-state index in [4.69, 9.17) is 5.11 Å². The van der Waals surface area contributed by atoms with Crippen molar-refractivity contribution in [3.05, 3.63) is 17.5 Å². The summed E-state index contributed by atoms with van der Waals surface area (Å²) in [4.78, 5) is 11.0. The molecule has 0 aromatic carbocycles. The van der Waals surface area contributed by atoms with Crippen LogP contribution in [0.15, 0.2) is 6.20 Å². The first-order valence-electron chi connectivity index (χ1n) is 7.74. The number of hydrogen-bond donors (Lipinski definition) is 1. The van der Waals surface area contributed by atoms with Crippen molar-refractivity contribution in [2.45, 2.75) is 64.8 Å². The summed E-state index contributed by atoms with van der Waals surface area (Å²) < 4.78 is 2.21. The van der Waals surface area contributed by atoms with Gasteiger partial charge in [-0.1, -0.05) is 13.8 Å². The van der Waals surface area contributed by atoms with E-state index in [2.05, 4.69) is 23.6 Å². The number of carboxylic acid groups (broad SMARTS) is 1. The third kappa shape index (κ3) is 2.48. The van der Waals surface area contributed by atoms with E-state index in [1.165, 1.54) is 17.7 Å². The molecule has 0 unspecified atom stereocenters. The third-order valence-corrected chi connectivity index (χ3v) is 5.08. The van der Waals surface area contributed by atoms with Crippen molar-refractivity contribution in [3.63, 3.8) is 0 Å². The van der Waals surface area contributed by atoms with Gasteiger partial charge in [0, 0.05) is 5.69 Å². The Morgan fingerprint density at radius 1 is 1.35 bits per heavy atom. The summed E-state index contributed by atoms with van der Waals surface area (Å²) in [7, 11) is 0. The molecule has 2 aliphatic rings. The SMILES string of the molecule is CC1(C)CCc2c(cnn2C2CCC(C(=O)O)CC2)C1. The van der Waals surface area contributed by atoms with Crippen LogP contribution >= 0.6 is 0 Å². The van der Waals surface area contributed by atoms with Crippen molar-refractivity contribution in [1.82, 2.24) is 9.78 Å². The molecule has 1 aromatic heterocycles. The van der Waals surface area contributed by atoms with Crippen LogP contribution < -0.4 is 0 Å². The molecule has 0 spiro atoms. The van der Waals surface area contributed by atoms with E-state index in [1.807, 2.05) is 6.20 Å². The van der Waals surface area contributed by atoms with Gasteiger partial charge in [-0.2, -0.15) is 5.10 Å². The zero-order valence-corrected chi connectivity index (χ0v) is 12.4. The second kappa shape index (κ2) is 4.90. The Balaban J connectivity index is 1.74. The maximum absolute atomic E-state index is 11.0. The van der Waals surface area contributed by atoms with E-state index in [9.17, 15) is 4.79 Å². The number of aliphatic carboxylic acids is 1. The fourth-order valence-corrected chi connectivity index (χ4v) is 3.79. The lowest BCUT2D eigenvalue weighted by Crippen LogP contribution is -2.27. The number of hydrogen-bond acceptors (Lipinski definition) is 2. The van der Waals surface area contributed by atoms with Crippen LogP contribution in [0.5, 0.6) is 0 Å². The molecule has 0 saturated heterocycles. The molecular formula is C16H24N2O2. The molecule has 4 nitrogen and oxygen atoms in total. The first-order valence-corrected chi connectivity index (χ1v) is 7.74. The molecule has 20 heavy (non-hydrogen) atoms. The number of nitrogens with zero attached hydrogens (tertiary/aromatic N) is 2. The number of rotatable bonds is 2. The minimum Gasteiger partial charge on any atom is -0.481 e. The predicted octanol–water partition coefficient (Wildman–Crippen LogP) is 3.21. The average Bonchev–Trinajstić information content (AvgIpc) is 2.80. The van der Waals surface area contributed by atoms with Crippen LogP contribution in [0.4, 0.5) is 0 Å². The van der Waals surface area contributed by atoms with Crippen molar-refractivity contribution >= 4 is 5.97 Å². The van der Waals surface area contributed by atoms with Gasteiger partial charge in [-0.15, -0.1) is 0 Å². The van der Waals surface area contributed by atoms with Gasteiger partial charge in [-0.25, -0.2) is 0 Å². The molecule has 1 aromatic rings. The van der Waals surface area contributed by atoms with Crippen LogP contribution in [-0.4, -0.2) is 20.9 Å². The van der Waals surface area contributed by atoms with Gasteiger partial charge in [-0.05, 0) is 55.9 Å². The summed E-state index contributed by atoms with van der Waals surface area (Å²) in [5, 5.41) is 13.7. The molecule has 4 heteroatoms. The Labute approximate surface area is 120 Å². The quantitative estimate of drug-likeness (QED) is 0.902. The third-order valence-electron chi connectivity index (χ3n) is 5.08. The largest absolute Gasteiger partial charge is 0.481 e. The fourth-order valence-electron chi connectivity index (χ4n) is 3.79. The lowest BCUT2D eigenvalue weighted by Gasteiger charge is -2.32. The van der Waals surface area contributed by atoms with Crippen LogP contribution in [0, 0.1) is 11.3 Å². The Kier molecular flexibility index (Phi) is 3.35. The van der Waals surface area contributed by atoms with Gasteiger partial charge in [0.1, 0.15) is 0 Å². The highest BCUT2D eigenvalue weighted by atomic mass is 16.4. The smallest absolute Gasteiger partial charge is 0.306 e. The van der Waals surface area contributed by atoms with E-state index in [0.29, 0.717) is 11.5 Å². The van der Waals surface area contributed by atoms with E-state index in [1.54, 1.807) is 0 Å². The van der Waals surface area contributed by atoms with Crippen LogP contribution in [-0.2, 0) is 17.6 Å². The zero-order valence-electron chi connectivity index (χ0n) is 12.4. The number of aromatic nitrogens is 2. The van der Waals surface area contributed by atoms with Gasteiger partial charge in [0.25, 0.3) is 0 Å². The second-order valence-electron chi connectivity index (χ2n) is 7.25. The zero-order chi connectivity index (χ0) is 14.3. The normalized spacial score (nSPS) is 28.9. The lowest BCUT2D eigenvalue weighted by atomic mass is 9.76. The molecule has 3 rings (SSSR count). The maximum Gasteiger partial charge on any atom is 0.306 e. The van der Waals surface area contributed by atoms with Crippen molar-refractivity contribution in [1.29, 1.82) is 0 Å². The van der Waals surface area contributed by atoms with Gasteiger partial charge in [0.15, 0.2) is 0 Å². The highest BCUT2D eigenvalue weighted by molar-refractivity contribution is 5.70. The Bertz CT molecular complexity index is 511. The average molecular weight is 276 g/mol. The summed E-state index contributed by atoms with van der Waals surface area (Å²) in [6.45, 7) is 4.65. The summed E-state index contributed by atoms with van der Waals surface area (Å²) in [6, 6.07) is 0.413. The van der Waals surface area contributed by atoms with E-state index in [0.717, 1.165) is 38.5 Å². The molecule has 0 amide bonds. The monoisotopic (exact) mass is 276 g/mol. The summed E-state index contributed by atoms with van der Waals surface area (Å²) >= 11 is 0. The van der Waals surface area contributed by atoms with Gasteiger partial charge < -0.3 is 5.11 Å². The minimum atomic E-state index is -0.632. The lowest BCUT2D eigenvalue weighted by molar-refractivity contribution is -0.143. The Morgan fingerprint density at radius 3 is 2.70 bits per heavy atom. The predicted molar refractivity (Wildman–Crippen MR) is 76.7 cm³/mol. The molecule has 2 aliphatic carbocycles. The van der Waals surface area contributed by atoms with E-state index < -0.39 is 5.97 Å². The van der Waals surface area contributed by atoms with Crippen LogP contribution in [0.25, 0.3) is 0 Å². The topological polar surface area (TPSA) is 55.1 Å². The summed E-state index contributed by atoms with van der Waals surface area (Å²) in [6.07, 6.45) is 8.98. The highest BCUT2D eigenvalue weighted by Crippen LogP contribution is 2.38. The van der Waals surface area contributed by atoms with Crippen molar-refractivity contribution in [2.24, 2.45) is 11.3 Å². The fraction of sp³-hybridized carbons (Fsp3) is 0.750. The Morgan fingerprint density at radius 2 is 2.05 bits per heavy atom. The van der Waals surface area contributed by atoms with Gasteiger partial charge in [-0.3, -0.25) is 9.48 Å². The maximum atomic E-state index is 11.0. The summed E-state index contributed by atoms with van der Waals surface area (Å²) in [5.74, 6) is -0.774. The molecule has 0 atom stereocenters. The number of carboxylic acids is 1. The van der Waals surface area contributed by atoms with Crippen LogP contribution in [0.3, 0.4) is 0 Å². The first kappa shape index (κ1) is 13.7. The van der Waals surface area contributed by atoms with E-state index >= 15 is 0 Å².